The number of ether oxygens (including phenoxy) is 1. The molecular formula is C25H32N4O2S. The number of nitrogens with one attached hydrogen (secondary N) is 1. The van der Waals surface area contributed by atoms with E-state index in [0.29, 0.717) is 17.6 Å². The van der Waals surface area contributed by atoms with E-state index in [0.717, 1.165) is 29.2 Å². The van der Waals surface area contributed by atoms with Gasteiger partial charge in [0.15, 0.2) is 17.1 Å². The van der Waals surface area contributed by atoms with E-state index in [9.17, 15) is 4.79 Å². The van der Waals surface area contributed by atoms with Crippen LogP contribution in [-0.4, -0.2) is 26.4 Å². The van der Waals surface area contributed by atoms with Crippen LogP contribution in [0.15, 0.2) is 53.7 Å². The van der Waals surface area contributed by atoms with Crippen LogP contribution >= 0.6 is 11.8 Å². The zero-order chi connectivity index (χ0) is 23.1. The van der Waals surface area contributed by atoms with Crippen LogP contribution in [0.2, 0.25) is 0 Å². The summed E-state index contributed by atoms with van der Waals surface area (Å²) in [5, 5.41) is 12.4. The van der Waals surface area contributed by atoms with Gasteiger partial charge >= 0.3 is 0 Å². The molecule has 3 rings (SSSR count). The summed E-state index contributed by atoms with van der Waals surface area (Å²) in [7, 11) is 0. The Morgan fingerprint density at radius 1 is 1.06 bits per heavy atom. The number of aryl methyl sites for hydroxylation is 1. The van der Waals surface area contributed by atoms with Gasteiger partial charge < -0.3 is 14.6 Å². The van der Waals surface area contributed by atoms with E-state index in [1.807, 2.05) is 54.8 Å². The number of benzene rings is 2. The van der Waals surface area contributed by atoms with Gasteiger partial charge in [-0.15, -0.1) is 10.2 Å². The molecule has 2 aromatic carbocycles. The zero-order valence-corrected chi connectivity index (χ0v) is 20.3. The Morgan fingerprint density at radius 2 is 1.78 bits per heavy atom. The van der Waals surface area contributed by atoms with Crippen LogP contribution in [0.3, 0.4) is 0 Å². The van der Waals surface area contributed by atoms with Crippen LogP contribution in [0.1, 0.15) is 63.6 Å². The highest BCUT2D eigenvalue weighted by Gasteiger charge is 2.20. The number of nitrogens with zero attached hydrogens (tertiary/aromatic N) is 3. The summed E-state index contributed by atoms with van der Waals surface area (Å²) in [6, 6.07) is 16.0. The Labute approximate surface area is 194 Å². The molecule has 6 nitrogen and oxygen atoms in total. The third kappa shape index (κ3) is 5.91. The van der Waals surface area contributed by atoms with Crippen LogP contribution in [0.4, 0.5) is 5.69 Å². The smallest absolute Gasteiger partial charge is 0.234 e. The number of amides is 1. The predicted molar refractivity (Wildman–Crippen MR) is 130 cm³/mol. The first-order valence-electron chi connectivity index (χ1n) is 11.1. The highest BCUT2D eigenvalue weighted by atomic mass is 32.2. The topological polar surface area (TPSA) is 69.0 Å². The van der Waals surface area contributed by atoms with Gasteiger partial charge in [0, 0.05) is 12.2 Å². The molecule has 0 saturated heterocycles. The van der Waals surface area contributed by atoms with E-state index < -0.39 is 0 Å². The number of anilines is 1. The second-order valence-corrected chi connectivity index (χ2v) is 8.86. The summed E-state index contributed by atoms with van der Waals surface area (Å²) < 4.78 is 8.09. The van der Waals surface area contributed by atoms with Gasteiger partial charge in [0.1, 0.15) is 5.75 Å². The van der Waals surface area contributed by atoms with Crippen LogP contribution in [0, 0.1) is 0 Å². The molecule has 0 spiro atoms. The van der Waals surface area contributed by atoms with Crippen molar-refractivity contribution in [2.45, 2.75) is 64.8 Å². The average molecular weight is 453 g/mol. The van der Waals surface area contributed by atoms with Crippen LogP contribution in [-0.2, 0) is 17.8 Å². The average Bonchev–Trinajstić information content (AvgIpc) is 3.21. The van der Waals surface area contributed by atoms with Crippen molar-refractivity contribution in [1.29, 1.82) is 0 Å². The largest absolute Gasteiger partial charge is 0.483 e. The van der Waals surface area contributed by atoms with Crippen LogP contribution in [0.25, 0.3) is 0 Å². The van der Waals surface area contributed by atoms with E-state index in [1.54, 1.807) is 0 Å². The highest BCUT2D eigenvalue weighted by Crippen LogP contribution is 2.26. The second kappa shape index (κ2) is 11.2. The number of thioether (sulfide) groups is 1. The van der Waals surface area contributed by atoms with Crippen molar-refractivity contribution < 1.29 is 9.53 Å². The van der Waals surface area contributed by atoms with Gasteiger partial charge in [-0.25, -0.2) is 0 Å². The first kappa shape index (κ1) is 23.9. The van der Waals surface area contributed by atoms with Crippen molar-refractivity contribution >= 4 is 23.4 Å². The van der Waals surface area contributed by atoms with Crippen molar-refractivity contribution in [2.24, 2.45) is 0 Å². The molecule has 7 heteroatoms. The fraction of sp³-hybridized carbons (Fsp3) is 0.400. The fourth-order valence-corrected chi connectivity index (χ4v) is 4.31. The van der Waals surface area contributed by atoms with E-state index >= 15 is 0 Å². The molecule has 0 bridgehead atoms. The Balaban J connectivity index is 1.63. The van der Waals surface area contributed by atoms with Crippen molar-refractivity contribution in [1.82, 2.24) is 14.8 Å². The third-order valence-corrected chi connectivity index (χ3v) is 6.23. The number of rotatable bonds is 10. The van der Waals surface area contributed by atoms with Crippen molar-refractivity contribution in [3.63, 3.8) is 0 Å². The van der Waals surface area contributed by atoms with E-state index in [2.05, 4.69) is 48.4 Å². The maximum Gasteiger partial charge on any atom is 0.234 e. The Morgan fingerprint density at radius 3 is 2.44 bits per heavy atom. The lowest BCUT2D eigenvalue weighted by Gasteiger charge is -2.16. The SMILES string of the molecule is CCc1ccc(O[C@@H](C)c2nnc(SCC(=O)Nc3ccccc3C(C)C)n2CC)cc1. The normalized spacial score (nSPS) is 12.1. The first-order chi connectivity index (χ1) is 15.4. The van der Waals surface area contributed by atoms with E-state index in [1.165, 1.54) is 17.3 Å². The maximum atomic E-state index is 12.6. The molecule has 0 aliphatic heterocycles. The van der Waals surface area contributed by atoms with Crippen molar-refractivity contribution in [3.05, 3.63) is 65.5 Å². The molecule has 1 amide bonds. The number of aromatic nitrogens is 3. The molecular weight excluding hydrogens is 420 g/mol. The third-order valence-electron chi connectivity index (χ3n) is 5.26. The molecule has 0 unspecified atom stereocenters. The van der Waals surface area contributed by atoms with E-state index in [-0.39, 0.29) is 17.8 Å². The zero-order valence-electron chi connectivity index (χ0n) is 19.5. The minimum atomic E-state index is -0.254. The van der Waals surface area contributed by atoms with Gasteiger partial charge in [0.2, 0.25) is 5.91 Å². The standard InChI is InChI=1S/C25H32N4O2S/c1-6-19-12-14-20(15-13-19)31-18(5)24-27-28-25(29(24)7-2)32-16-23(30)26-22-11-9-8-10-21(22)17(3)4/h8-15,17-18H,6-7,16H2,1-5H3,(H,26,30)/t18-/m0/s1. The molecule has 32 heavy (non-hydrogen) atoms. The molecule has 1 atom stereocenters. The molecule has 0 aliphatic rings. The number of para-hydroxylation sites is 1. The summed E-state index contributed by atoms with van der Waals surface area (Å²) >= 11 is 1.38. The van der Waals surface area contributed by atoms with Gasteiger partial charge in [-0.3, -0.25) is 4.79 Å². The predicted octanol–water partition coefficient (Wildman–Crippen LogP) is 5.85. The molecule has 170 valence electrons. The van der Waals surface area contributed by atoms with Gasteiger partial charge in [0.25, 0.3) is 0 Å². The molecule has 1 aromatic heterocycles. The Hall–Kier alpha value is -2.80. The lowest BCUT2D eigenvalue weighted by Crippen LogP contribution is -2.16. The molecule has 1 heterocycles. The monoisotopic (exact) mass is 452 g/mol. The summed E-state index contributed by atoms with van der Waals surface area (Å²) in [6.07, 6.45) is 0.744. The number of hydrogen-bond donors (Lipinski definition) is 1. The Bertz CT molecular complexity index is 1030. The lowest BCUT2D eigenvalue weighted by molar-refractivity contribution is -0.113. The molecule has 0 saturated carbocycles. The fourth-order valence-electron chi connectivity index (χ4n) is 3.50. The summed E-state index contributed by atoms with van der Waals surface area (Å²) in [6.45, 7) is 11.1. The summed E-state index contributed by atoms with van der Waals surface area (Å²) in [5.74, 6) is 2.09. The minimum Gasteiger partial charge on any atom is -0.483 e. The van der Waals surface area contributed by atoms with Crippen LogP contribution < -0.4 is 10.1 Å². The Kier molecular flexibility index (Phi) is 8.33. The molecule has 0 aliphatic carbocycles. The summed E-state index contributed by atoms with van der Waals surface area (Å²) in [5.41, 5.74) is 3.26. The highest BCUT2D eigenvalue weighted by molar-refractivity contribution is 7.99. The van der Waals surface area contributed by atoms with Gasteiger partial charge in [-0.2, -0.15) is 0 Å². The molecule has 3 aromatic rings. The van der Waals surface area contributed by atoms with E-state index in [4.69, 9.17) is 4.74 Å². The van der Waals surface area contributed by atoms with Crippen molar-refractivity contribution in [3.8, 4) is 5.75 Å². The van der Waals surface area contributed by atoms with Crippen LogP contribution in [0.5, 0.6) is 5.75 Å². The summed E-state index contributed by atoms with van der Waals surface area (Å²) in [4.78, 5) is 12.6. The lowest BCUT2D eigenvalue weighted by atomic mass is 10.0. The minimum absolute atomic E-state index is 0.0596. The number of carbonyl (C=O) groups is 1. The second-order valence-electron chi connectivity index (χ2n) is 7.92. The number of carbonyl (C=O) groups excluding carboxylic acids is 1. The maximum absolute atomic E-state index is 12.6. The quantitative estimate of drug-likeness (QED) is 0.391. The molecule has 0 fully saturated rings. The van der Waals surface area contributed by atoms with Crippen molar-refractivity contribution in [2.75, 3.05) is 11.1 Å². The van der Waals surface area contributed by atoms with Gasteiger partial charge in [-0.1, -0.05) is 62.9 Å². The van der Waals surface area contributed by atoms with Gasteiger partial charge in [-0.05, 0) is 55.5 Å². The molecule has 1 N–H and O–H groups in total. The van der Waals surface area contributed by atoms with Gasteiger partial charge in [0.05, 0.1) is 5.75 Å². The molecule has 0 radical (unpaired) electrons. The first-order valence-corrected chi connectivity index (χ1v) is 12.1. The number of hydrogen-bond acceptors (Lipinski definition) is 5.